The molecule has 1 amide bonds. The molecule has 0 aromatic heterocycles. The summed E-state index contributed by atoms with van der Waals surface area (Å²) in [6, 6.07) is -0.719. The topological polar surface area (TPSA) is 66.8 Å². The first-order valence-corrected chi connectivity index (χ1v) is 6.25. The Hall–Kier alpha value is -0.750. The van der Waals surface area contributed by atoms with Crippen LogP contribution in [0.4, 0.5) is 0 Å². The van der Waals surface area contributed by atoms with E-state index in [4.69, 9.17) is 9.84 Å². The van der Waals surface area contributed by atoms with E-state index in [-0.39, 0.29) is 24.0 Å². The van der Waals surface area contributed by atoms with E-state index in [2.05, 4.69) is 0 Å². The van der Waals surface area contributed by atoms with Crippen molar-refractivity contribution >= 4 is 23.6 Å². The first kappa shape index (κ1) is 13.3. The Kier molecular flexibility index (Phi) is 4.61. The minimum Gasteiger partial charge on any atom is -0.480 e. The average Bonchev–Trinajstić information content (AvgIpc) is 2.56. The standard InChI is InChI=1S/C10H17NO4S/c1-6(2)15-4-9(12)11-7(3)16-5-8(11)10(13)14/h6-8H,4-5H2,1-3H3,(H,13,14). The van der Waals surface area contributed by atoms with Crippen molar-refractivity contribution in [2.24, 2.45) is 0 Å². The molecule has 1 heterocycles. The molecular formula is C10H17NO4S. The first-order chi connectivity index (χ1) is 7.43. The minimum atomic E-state index is -0.949. The van der Waals surface area contributed by atoms with Crippen molar-refractivity contribution in [3.63, 3.8) is 0 Å². The van der Waals surface area contributed by atoms with Crippen LogP contribution >= 0.6 is 11.8 Å². The Balaban J connectivity index is 2.61. The predicted molar refractivity (Wildman–Crippen MR) is 61.3 cm³/mol. The Morgan fingerprint density at radius 1 is 1.56 bits per heavy atom. The molecular weight excluding hydrogens is 230 g/mol. The highest BCUT2D eigenvalue weighted by molar-refractivity contribution is 8.00. The van der Waals surface area contributed by atoms with Crippen molar-refractivity contribution in [1.82, 2.24) is 4.90 Å². The zero-order chi connectivity index (χ0) is 12.3. The van der Waals surface area contributed by atoms with E-state index in [1.165, 1.54) is 16.7 Å². The molecule has 0 saturated carbocycles. The molecule has 1 rings (SSSR count). The lowest BCUT2D eigenvalue weighted by molar-refractivity contribution is -0.151. The van der Waals surface area contributed by atoms with Gasteiger partial charge in [-0.1, -0.05) is 0 Å². The second kappa shape index (κ2) is 5.54. The third kappa shape index (κ3) is 3.12. The number of carbonyl (C=O) groups excluding carboxylic acids is 1. The maximum absolute atomic E-state index is 11.8. The van der Waals surface area contributed by atoms with Gasteiger partial charge in [0.1, 0.15) is 12.6 Å². The van der Waals surface area contributed by atoms with Crippen LogP contribution in [0.15, 0.2) is 0 Å². The Labute approximate surface area is 99.1 Å². The van der Waals surface area contributed by atoms with Crippen LogP contribution in [0, 0.1) is 0 Å². The van der Waals surface area contributed by atoms with Gasteiger partial charge in [-0.2, -0.15) is 0 Å². The highest BCUT2D eigenvalue weighted by Gasteiger charge is 2.39. The van der Waals surface area contributed by atoms with E-state index in [1.54, 1.807) is 0 Å². The highest BCUT2D eigenvalue weighted by Crippen LogP contribution is 2.28. The van der Waals surface area contributed by atoms with E-state index < -0.39 is 12.0 Å². The van der Waals surface area contributed by atoms with Crippen molar-refractivity contribution in [3.05, 3.63) is 0 Å². The predicted octanol–water partition coefficient (Wildman–Crippen LogP) is 0.786. The van der Waals surface area contributed by atoms with Gasteiger partial charge < -0.3 is 14.7 Å². The molecule has 0 aromatic rings. The summed E-state index contributed by atoms with van der Waals surface area (Å²) in [4.78, 5) is 24.1. The molecule has 1 aliphatic rings. The maximum atomic E-state index is 11.8. The molecule has 1 saturated heterocycles. The van der Waals surface area contributed by atoms with Crippen LogP contribution in [0.1, 0.15) is 20.8 Å². The normalized spacial score (nSPS) is 25.1. The summed E-state index contributed by atoms with van der Waals surface area (Å²) in [5.74, 6) is -0.752. The molecule has 0 aromatic carbocycles. The van der Waals surface area contributed by atoms with Crippen LogP contribution in [0.5, 0.6) is 0 Å². The molecule has 92 valence electrons. The van der Waals surface area contributed by atoms with E-state index >= 15 is 0 Å². The summed E-state index contributed by atoms with van der Waals surface area (Å²) in [6.07, 6.45) is -0.0298. The quantitative estimate of drug-likeness (QED) is 0.795. The van der Waals surface area contributed by atoms with Crippen molar-refractivity contribution in [2.45, 2.75) is 38.3 Å². The highest BCUT2D eigenvalue weighted by atomic mass is 32.2. The minimum absolute atomic E-state index is 0.0298. The van der Waals surface area contributed by atoms with Crippen LogP contribution in [-0.4, -0.2) is 51.8 Å². The number of ether oxygens (including phenoxy) is 1. The fourth-order valence-electron chi connectivity index (χ4n) is 1.52. The molecule has 6 heteroatoms. The van der Waals surface area contributed by atoms with Crippen molar-refractivity contribution in [3.8, 4) is 0 Å². The van der Waals surface area contributed by atoms with Crippen LogP contribution in [0.3, 0.4) is 0 Å². The van der Waals surface area contributed by atoms with Gasteiger partial charge in [-0.05, 0) is 20.8 Å². The van der Waals surface area contributed by atoms with Gasteiger partial charge in [0.25, 0.3) is 0 Å². The molecule has 1 aliphatic heterocycles. The molecule has 2 unspecified atom stereocenters. The molecule has 0 aliphatic carbocycles. The number of thioether (sulfide) groups is 1. The van der Waals surface area contributed by atoms with Crippen molar-refractivity contribution in [2.75, 3.05) is 12.4 Å². The Bertz CT molecular complexity index is 282. The second-order valence-corrected chi connectivity index (χ2v) is 5.30. The number of carbonyl (C=O) groups is 2. The molecule has 0 bridgehead atoms. The van der Waals surface area contributed by atoms with Gasteiger partial charge in [0.05, 0.1) is 11.5 Å². The molecule has 1 fully saturated rings. The smallest absolute Gasteiger partial charge is 0.327 e. The summed E-state index contributed by atoms with van der Waals surface area (Å²) in [6.45, 7) is 5.46. The van der Waals surface area contributed by atoms with Crippen LogP contribution < -0.4 is 0 Å². The Morgan fingerprint density at radius 2 is 2.19 bits per heavy atom. The zero-order valence-corrected chi connectivity index (χ0v) is 10.5. The van der Waals surface area contributed by atoms with Crippen LogP contribution in [0.25, 0.3) is 0 Å². The van der Waals surface area contributed by atoms with E-state index in [0.717, 1.165) is 0 Å². The molecule has 0 spiro atoms. The Morgan fingerprint density at radius 3 is 2.69 bits per heavy atom. The lowest BCUT2D eigenvalue weighted by atomic mass is 10.3. The summed E-state index contributed by atoms with van der Waals surface area (Å²) in [5, 5.41) is 8.89. The number of hydrogen-bond acceptors (Lipinski definition) is 4. The number of rotatable bonds is 4. The molecule has 0 radical (unpaired) electrons. The fraction of sp³-hybridized carbons (Fsp3) is 0.800. The van der Waals surface area contributed by atoms with Crippen LogP contribution in [0.2, 0.25) is 0 Å². The lowest BCUT2D eigenvalue weighted by Gasteiger charge is -2.25. The van der Waals surface area contributed by atoms with Crippen LogP contribution in [-0.2, 0) is 14.3 Å². The maximum Gasteiger partial charge on any atom is 0.327 e. The van der Waals surface area contributed by atoms with Gasteiger partial charge in [0, 0.05) is 5.75 Å². The number of nitrogens with zero attached hydrogens (tertiary/aromatic N) is 1. The SMILES string of the molecule is CC(C)OCC(=O)N1C(C)SCC1C(=O)O. The van der Waals surface area contributed by atoms with Crippen molar-refractivity contribution in [1.29, 1.82) is 0 Å². The number of amides is 1. The van der Waals surface area contributed by atoms with Gasteiger partial charge >= 0.3 is 5.97 Å². The molecule has 2 atom stereocenters. The third-order valence-corrected chi connectivity index (χ3v) is 3.55. The van der Waals surface area contributed by atoms with Crippen molar-refractivity contribution < 1.29 is 19.4 Å². The summed E-state index contributed by atoms with van der Waals surface area (Å²) < 4.78 is 5.20. The number of carboxylic acids is 1. The number of carboxylic acid groups (broad SMARTS) is 1. The summed E-state index contributed by atoms with van der Waals surface area (Å²) in [7, 11) is 0. The van der Waals surface area contributed by atoms with Gasteiger partial charge in [0.15, 0.2) is 0 Å². The summed E-state index contributed by atoms with van der Waals surface area (Å²) in [5.41, 5.74) is 0. The second-order valence-electron chi connectivity index (χ2n) is 3.95. The third-order valence-electron chi connectivity index (χ3n) is 2.34. The van der Waals surface area contributed by atoms with Gasteiger partial charge in [-0.15, -0.1) is 11.8 Å². The monoisotopic (exact) mass is 247 g/mol. The van der Waals surface area contributed by atoms with E-state index in [0.29, 0.717) is 5.75 Å². The lowest BCUT2D eigenvalue weighted by Crippen LogP contribution is -2.46. The number of aliphatic carboxylic acids is 1. The summed E-state index contributed by atoms with van der Waals surface area (Å²) >= 11 is 1.47. The number of hydrogen-bond donors (Lipinski definition) is 1. The van der Waals surface area contributed by atoms with Gasteiger partial charge in [-0.25, -0.2) is 4.79 Å². The van der Waals surface area contributed by atoms with Gasteiger partial charge in [-0.3, -0.25) is 4.79 Å². The van der Waals surface area contributed by atoms with E-state index in [1.807, 2.05) is 20.8 Å². The van der Waals surface area contributed by atoms with E-state index in [9.17, 15) is 9.59 Å². The first-order valence-electron chi connectivity index (χ1n) is 5.20. The molecule has 16 heavy (non-hydrogen) atoms. The average molecular weight is 247 g/mol. The molecule has 5 nitrogen and oxygen atoms in total. The fourth-order valence-corrected chi connectivity index (χ4v) is 2.71. The zero-order valence-electron chi connectivity index (χ0n) is 9.67. The largest absolute Gasteiger partial charge is 0.480 e. The molecule has 1 N–H and O–H groups in total. The van der Waals surface area contributed by atoms with Gasteiger partial charge in [0.2, 0.25) is 5.91 Å².